The van der Waals surface area contributed by atoms with Crippen molar-refractivity contribution in [2.75, 3.05) is 0 Å². The Labute approximate surface area is 102 Å². The molecule has 0 atom stereocenters. The van der Waals surface area contributed by atoms with Crippen LogP contribution < -0.4 is 5.73 Å². The molecule has 1 rings (SSSR count). The summed E-state index contributed by atoms with van der Waals surface area (Å²) in [5.41, 5.74) is 5.59. The first-order valence-electron chi connectivity index (χ1n) is 6.03. The van der Waals surface area contributed by atoms with Crippen molar-refractivity contribution in [3.05, 3.63) is 24.5 Å². The molecule has 16 heavy (non-hydrogen) atoms. The van der Waals surface area contributed by atoms with Crippen LogP contribution in [-0.4, -0.2) is 10.1 Å². The third kappa shape index (κ3) is 13.2. The van der Waals surface area contributed by atoms with Gasteiger partial charge >= 0.3 is 0 Å². The van der Waals surface area contributed by atoms with Gasteiger partial charge in [0.1, 0.15) is 0 Å². The van der Waals surface area contributed by atoms with Gasteiger partial charge in [-0.05, 0) is 53.7 Å². The van der Waals surface area contributed by atoms with E-state index >= 15 is 0 Å². The molecule has 0 fully saturated rings. The molecule has 2 N–H and O–H groups in total. The second kappa shape index (κ2) is 7.50. The van der Waals surface area contributed by atoms with Crippen LogP contribution in [0.15, 0.2) is 24.5 Å². The Morgan fingerprint density at radius 3 is 1.19 bits per heavy atom. The van der Waals surface area contributed by atoms with Crippen LogP contribution in [0.25, 0.3) is 0 Å². The van der Waals surface area contributed by atoms with E-state index in [1.807, 2.05) is 46.8 Å². The molecule has 0 saturated heterocycles. The highest BCUT2D eigenvalue weighted by molar-refractivity contribution is 4.94. The van der Waals surface area contributed by atoms with E-state index in [0.717, 1.165) is 0 Å². The Balaban J connectivity index is 0. The summed E-state index contributed by atoms with van der Waals surface area (Å²) in [5.74, 6) is 0. The second-order valence-corrected chi connectivity index (χ2v) is 5.63. The summed E-state index contributed by atoms with van der Waals surface area (Å²) in [5, 5.41) is 0. The summed E-state index contributed by atoms with van der Waals surface area (Å²) in [7, 11) is 0. The summed E-state index contributed by atoms with van der Waals surface area (Å²) in [6.45, 7) is 16.5. The molecular formula is C14H30N2. The minimum atomic E-state index is 0. The zero-order chi connectivity index (χ0) is 13.4. The smallest absolute Gasteiger partial charge is 0.0355 e. The molecule has 1 aromatic heterocycles. The molecular weight excluding hydrogens is 196 g/mol. The van der Waals surface area contributed by atoms with Crippen molar-refractivity contribution < 1.29 is 0 Å². The Hall–Kier alpha value is -0.760. The largest absolute Gasteiger partial charge is 0.349 e. The van der Waals surface area contributed by atoms with Crippen molar-refractivity contribution in [1.29, 1.82) is 0 Å². The van der Waals surface area contributed by atoms with Crippen LogP contribution in [0.4, 0.5) is 0 Å². The summed E-state index contributed by atoms with van der Waals surface area (Å²) in [4.78, 5) is 0. The fraction of sp³-hybridized carbons (Fsp3) is 0.714. The maximum Gasteiger partial charge on any atom is 0.0355 e. The van der Waals surface area contributed by atoms with Crippen LogP contribution in [0, 0.1) is 0 Å². The van der Waals surface area contributed by atoms with Crippen LogP contribution in [0.2, 0.25) is 0 Å². The molecule has 0 aromatic carbocycles. The Morgan fingerprint density at radius 1 is 0.812 bits per heavy atom. The standard InChI is InChI=1S/C8H13N.C4H11N.C2H6/c1-8(2,3)9-6-4-5-7-9;1-4(2,3)5;1-2/h4-7H,1-3H3;5H2,1-3H3;1-2H3. The quantitative estimate of drug-likeness (QED) is 0.712. The highest BCUT2D eigenvalue weighted by Gasteiger charge is 2.09. The van der Waals surface area contributed by atoms with Gasteiger partial charge in [-0.3, -0.25) is 0 Å². The molecule has 0 aliphatic carbocycles. The second-order valence-electron chi connectivity index (χ2n) is 5.63. The maximum absolute atomic E-state index is 5.35. The van der Waals surface area contributed by atoms with Crippen LogP contribution in [-0.2, 0) is 5.54 Å². The van der Waals surface area contributed by atoms with Gasteiger partial charge in [-0.15, -0.1) is 0 Å². The lowest BCUT2D eigenvalue weighted by molar-refractivity contribution is 0.398. The maximum atomic E-state index is 5.35. The van der Waals surface area contributed by atoms with Crippen molar-refractivity contribution in [1.82, 2.24) is 4.57 Å². The van der Waals surface area contributed by atoms with Gasteiger partial charge in [0.25, 0.3) is 0 Å². The molecule has 0 saturated carbocycles. The van der Waals surface area contributed by atoms with E-state index in [9.17, 15) is 0 Å². The molecule has 2 nitrogen and oxygen atoms in total. The number of rotatable bonds is 0. The first-order chi connectivity index (χ1) is 7.11. The van der Waals surface area contributed by atoms with Gasteiger partial charge in [-0.1, -0.05) is 13.8 Å². The minimum absolute atomic E-state index is 0. The number of hydrogen-bond donors (Lipinski definition) is 1. The fourth-order valence-corrected chi connectivity index (χ4v) is 0.782. The van der Waals surface area contributed by atoms with E-state index in [4.69, 9.17) is 5.73 Å². The van der Waals surface area contributed by atoms with Crippen LogP contribution in [0.3, 0.4) is 0 Å². The molecule has 1 heterocycles. The van der Waals surface area contributed by atoms with Gasteiger partial charge in [0, 0.05) is 23.5 Å². The van der Waals surface area contributed by atoms with E-state index in [2.05, 4.69) is 37.7 Å². The predicted octanol–water partition coefficient (Wildman–Crippen LogP) is 4.01. The monoisotopic (exact) mass is 226 g/mol. The molecule has 0 unspecified atom stereocenters. The molecule has 96 valence electrons. The SMILES string of the molecule is CC.CC(C)(C)N.CC(C)(C)n1cccc1. The Bertz CT molecular complexity index is 229. The lowest BCUT2D eigenvalue weighted by atomic mass is 10.1. The first-order valence-corrected chi connectivity index (χ1v) is 6.03. The molecule has 0 amide bonds. The number of aromatic nitrogens is 1. The van der Waals surface area contributed by atoms with Gasteiger partial charge in [-0.2, -0.15) is 0 Å². The molecule has 0 spiro atoms. The Kier molecular flexibility index (Phi) is 8.27. The number of hydrogen-bond acceptors (Lipinski definition) is 1. The number of nitrogens with two attached hydrogens (primary N) is 1. The topological polar surface area (TPSA) is 30.9 Å². The van der Waals surface area contributed by atoms with Crippen molar-refractivity contribution in [3.8, 4) is 0 Å². The summed E-state index contributed by atoms with van der Waals surface area (Å²) >= 11 is 0. The zero-order valence-corrected chi connectivity index (χ0v) is 12.3. The average Bonchev–Trinajstić information content (AvgIpc) is 2.55. The van der Waals surface area contributed by atoms with E-state index in [1.165, 1.54) is 0 Å². The lowest BCUT2D eigenvalue weighted by Crippen LogP contribution is -2.26. The van der Waals surface area contributed by atoms with Gasteiger partial charge in [-0.25, -0.2) is 0 Å². The van der Waals surface area contributed by atoms with Crippen molar-refractivity contribution in [2.45, 2.75) is 66.5 Å². The van der Waals surface area contributed by atoms with Gasteiger partial charge in [0.05, 0.1) is 0 Å². The molecule has 0 aliphatic heterocycles. The molecule has 0 aliphatic rings. The Morgan fingerprint density at radius 2 is 1.06 bits per heavy atom. The van der Waals surface area contributed by atoms with Gasteiger partial charge in [0.15, 0.2) is 0 Å². The van der Waals surface area contributed by atoms with Crippen LogP contribution >= 0.6 is 0 Å². The normalized spacial score (nSPS) is 10.8. The van der Waals surface area contributed by atoms with Crippen molar-refractivity contribution in [2.24, 2.45) is 5.73 Å². The first kappa shape index (κ1) is 17.6. The summed E-state index contributed by atoms with van der Waals surface area (Å²) in [6, 6.07) is 4.09. The third-order valence-corrected chi connectivity index (χ3v) is 1.38. The highest BCUT2D eigenvalue weighted by Crippen LogP contribution is 2.12. The third-order valence-electron chi connectivity index (χ3n) is 1.38. The zero-order valence-electron chi connectivity index (χ0n) is 12.3. The molecule has 2 heteroatoms. The van der Waals surface area contributed by atoms with Crippen LogP contribution in [0.5, 0.6) is 0 Å². The van der Waals surface area contributed by atoms with Gasteiger partial charge < -0.3 is 10.3 Å². The van der Waals surface area contributed by atoms with Crippen LogP contribution in [0.1, 0.15) is 55.4 Å². The fourth-order valence-electron chi connectivity index (χ4n) is 0.782. The van der Waals surface area contributed by atoms with E-state index < -0.39 is 0 Å². The van der Waals surface area contributed by atoms with E-state index in [0.29, 0.717) is 0 Å². The minimum Gasteiger partial charge on any atom is -0.349 e. The molecule has 1 aromatic rings. The van der Waals surface area contributed by atoms with Crippen molar-refractivity contribution >= 4 is 0 Å². The highest BCUT2D eigenvalue weighted by atomic mass is 15.0. The predicted molar refractivity (Wildman–Crippen MR) is 74.7 cm³/mol. The molecule has 0 radical (unpaired) electrons. The summed E-state index contributed by atoms with van der Waals surface area (Å²) < 4.78 is 2.19. The van der Waals surface area contributed by atoms with Crippen molar-refractivity contribution in [3.63, 3.8) is 0 Å². The van der Waals surface area contributed by atoms with E-state index in [-0.39, 0.29) is 11.1 Å². The lowest BCUT2D eigenvalue weighted by Gasteiger charge is -2.20. The average molecular weight is 226 g/mol. The number of nitrogens with zero attached hydrogens (tertiary/aromatic N) is 1. The van der Waals surface area contributed by atoms with E-state index in [1.54, 1.807) is 0 Å². The van der Waals surface area contributed by atoms with Gasteiger partial charge in [0.2, 0.25) is 0 Å². The summed E-state index contributed by atoms with van der Waals surface area (Å²) in [6.07, 6.45) is 4.17. The molecule has 0 bridgehead atoms.